The molecule has 0 atom stereocenters. The Bertz CT molecular complexity index is 3180. The molecule has 0 radical (unpaired) electrons. The SMILES string of the molecule is O=C1C2=Cc3ccccc3C1=C1C(=O)C(=Cc3ccccc31)CN1C=CC(=C3C=CN(C=C3)CC3=Cc4ccccc4C(=C4C(=O)C(=Cc5ccccc54)CN4C=CC(=C5C=CN(C=C5)C2)C=C4)C3=O)C=C1. The summed E-state index contributed by atoms with van der Waals surface area (Å²) in [6, 6.07) is 31.3. The molecule has 4 aromatic rings. The van der Waals surface area contributed by atoms with Gasteiger partial charge in [0.05, 0.1) is 26.2 Å². The predicted molar refractivity (Wildman–Crippen MR) is 285 cm³/mol. The number of Topliss-reactive ketones (excluding diaryl/α,β-unsaturated/α-hetero) is 4. The molecule has 8 heteroatoms. The van der Waals surface area contributed by atoms with Crippen LogP contribution >= 0.6 is 0 Å². The van der Waals surface area contributed by atoms with Gasteiger partial charge in [-0.25, -0.2) is 0 Å². The van der Waals surface area contributed by atoms with Crippen molar-refractivity contribution in [1.82, 2.24) is 19.6 Å². The summed E-state index contributed by atoms with van der Waals surface area (Å²) in [7, 11) is 0. The largest absolute Gasteiger partial charge is 0.350 e. The Labute approximate surface area is 417 Å². The fourth-order valence-electron chi connectivity index (χ4n) is 10.8. The monoisotopic (exact) mass is 932 g/mol. The summed E-state index contributed by atoms with van der Waals surface area (Å²) in [4.78, 5) is 67.8. The van der Waals surface area contributed by atoms with E-state index in [1.54, 1.807) is 0 Å². The fourth-order valence-corrected chi connectivity index (χ4v) is 10.8. The minimum absolute atomic E-state index is 0.167. The summed E-state index contributed by atoms with van der Waals surface area (Å²) in [5.41, 5.74) is 14.5. The summed E-state index contributed by atoms with van der Waals surface area (Å²) < 4.78 is 0. The van der Waals surface area contributed by atoms with E-state index in [9.17, 15) is 19.2 Å². The molecule has 19 rings (SSSR count). The van der Waals surface area contributed by atoms with Gasteiger partial charge < -0.3 is 19.6 Å². The molecule has 0 saturated heterocycles. The highest BCUT2D eigenvalue weighted by Crippen LogP contribution is 2.44. The summed E-state index contributed by atoms with van der Waals surface area (Å²) >= 11 is 0. The van der Waals surface area contributed by atoms with Crippen LogP contribution in [0.4, 0.5) is 0 Å². The Balaban J connectivity index is 0.893. The van der Waals surface area contributed by atoms with Gasteiger partial charge in [0.15, 0.2) is 23.1 Å². The normalized spacial score (nSPS) is 19.7. The second-order valence-electron chi connectivity index (χ2n) is 18.9. The van der Waals surface area contributed by atoms with Crippen molar-refractivity contribution in [3.05, 3.63) is 284 Å². The Hall–Kier alpha value is -9.40. The summed E-state index contributed by atoms with van der Waals surface area (Å²) in [6.07, 6.45) is 39.9. The number of hydrogen-bond acceptors (Lipinski definition) is 8. The Morgan fingerprint density at radius 2 is 0.458 bits per heavy atom. The van der Waals surface area contributed by atoms with Crippen LogP contribution in [0.25, 0.3) is 46.6 Å². The van der Waals surface area contributed by atoms with E-state index in [4.69, 9.17) is 0 Å². The van der Waals surface area contributed by atoms with E-state index < -0.39 is 0 Å². The molecule has 0 unspecified atom stereocenters. The average molecular weight is 933 g/mol. The van der Waals surface area contributed by atoms with Crippen LogP contribution in [0.2, 0.25) is 0 Å². The van der Waals surface area contributed by atoms with Gasteiger partial charge in [-0.1, -0.05) is 97.1 Å². The van der Waals surface area contributed by atoms with Crippen LogP contribution in [0, 0.1) is 0 Å². The summed E-state index contributed by atoms with van der Waals surface area (Å²) in [6.45, 7) is 1.22. The highest BCUT2D eigenvalue weighted by atomic mass is 16.1. The first-order valence-electron chi connectivity index (χ1n) is 24.2. The highest BCUT2D eigenvalue weighted by molar-refractivity contribution is 6.50. The second kappa shape index (κ2) is 17.2. The molecule has 8 nitrogen and oxygen atoms in total. The fraction of sp³-hybridized carbons (Fsp3) is 0.0625. The van der Waals surface area contributed by atoms with Crippen LogP contribution in [0.3, 0.4) is 0 Å². The van der Waals surface area contributed by atoms with Crippen LogP contribution in [-0.2, 0) is 19.2 Å². The number of carbonyl (C=O) groups excluding carboxylic acids is 4. The number of nitrogens with zero attached hydrogens (tertiary/aromatic N) is 4. The minimum Gasteiger partial charge on any atom is -0.350 e. The Morgan fingerprint density at radius 1 is 0.264 bits per heavy atom. The van der Waals surface area contributed by atoms with Crippen LogP contribution in [0.5, 0.6) is 0 Å². The molecule has 72 heavy (non-hydrogen) atoms. The van der Waals surface area contributed by atoms with Crippen LogP contribution < -0.4 is 0 Å². The van der Waals surface area contributed by atoms with Crippen molar-refractivity contribution >= 4 is 69.7 Å². The molecular weight excluding hydrogens is 889 g/mol. The number of allylic oxidation sites excluding steroid dienone is 16. The van der Waals surface area contributed by atoms with Crippen molar-refractivity contribution in [2.45, 2.75) is 0 Å². The van der Waals surface area contributed by atoms with Gasteiger partial charge in [0, 0.05) is 94.2 Å². The molecule has 0 N–H and O–H groups in total. The quantitative estimate of drug-likeness (QED) is 0.173. The second-order valence-corrected chi connectivity index (χ2v) is 18.9. The zero-order valence-electron chi connectivity index (χ0n) is 39.0. The number of fused-ring (bicyclic) bond motifs is 4. The van der Waals surface area contributed by atoms with Crippen molar-refractivity contribution in [2.75, 3.05) is 26.2 Å². The van der Waals surface area contributed by atoms with Crippen LogP contribution in [0.15, 0.2) is 240 Å². The van der Waals surface area contributed by atoms with Crippen molar-refractivity contribution < 1.29 is 19.2 Å². The van der Waals surface area contributed by atoms with E-state index in [1.165, 1.54) is 0 Å². The molecule has 0 fully saturated rings. The molecule has 0 aromatic heterocycles. The number of hydrogen-bond donors (Lipinski definition) is 0. The zero-order chi connectivity index (χ0) is 48.5. The molecule has 16 bridgehead atoms. The molecule has 0 spiro atoms. The van der Waals surface area contributed by atoms with E-state index >= 15 is 0 Å². The maximum absolute atomic E-state index is 15.0. The average Bonchev–Trinajstić information content (AvgIpc) is 3.41. The van der Waals surface area contributed by atoms with Gasteiger partial charge in [-0.3, -0.25) is 19.2 Å². The van der Waals surface area contributed by atoms with E-state index in [-0.39, 0.29) is 23.1 Å². The first kappa shape index (κ1) is 42.7. The Kier molecular flexibility index (Phi) is 10.2. The highest BCUT2D eigenvalue weighted by Gasteiger charge is 2.37. The summed E-state index contributed by atoms with van der Waals surface area (Å²) in [5, 5.41) is 0. The molecule has 15 aliphatic rings. The standard InChI is InChI=1S/C64H44N4O4/c69-61-49-33-45-9-1-5-13-53(45)57(61)58-54-14-6-2-10-46(54)34-50(62(58)70)38-66-27-19-43(20-28-66)44-23-31-68(32-24-44)40-52-36-48-12-4-8-16-56(48)60(64(52)72)59-55-15-7-3-11-47(55)35-51(63(59)71)39-67-29-21-42(22-30-67)41-17-25-65(37-49)26-18-41/h1-36H,37-40H2. The molecule has 11 heterocycles. The van der Waals surface area contributed by atoms with Gasteiger partial charge in [-0.05, 0) is 140 Å². The topological polar surface area (TPSA) is 81.2 Å². The third kappa shape index (κ3) is 7.40. The molecule has 4 aromatic carbocycles. The molecule has 344 valence electrons. The first-order valence-corrected chi connectivity index (χ1v) is 24.2. The number of benzene rings is 4. The molecule has 0 saturated carbocycles. The lowest BCUT2D eigenvalue weighted by atomic mass is 9.77. The van der Waals surface area contributed by atoms with Gasteiger partial charge in [0.2, 0.25) is 0 Å². The van der Waals surface area contributed by atoms with E-state index in [1.807, 2.05) is 239 Å². The molecule has 4 aliphatic carbocycles. The van der Waals surface area contributed by atoms with E-state index in [0.29, 0.717) is 70.8 Å². The summed E-state index contributed by atoms with van der Waals surface area (Å²) in [5.74, 6) is -0.670. The van der Waals surface area contributed by atoms with Crippen molar-refractivity contribution in [3.8, 4) is 0 Å². The van der Waals surface area contributed by atoms with E-state index in [2.05, 4.69) is 0 Å². The first-order chi connectivity index (χ1) is 35.3. The maximum Gasteiger partial charge on any atom is 0.192 e. The number of ketones is 4. The van der Waals surface area contributed by atoms with Gasteiger partial charge in [-0.15, -0.1) is 0 Å². The predicted octanol–water partition coefficient (Wildman–Crippen LogP) is 11.1. The lowest BCUT2D eigenvalue weighted by Gasteiger charge is -2.29. The molecule has 11 aliphatic heterocycles. The van der Waals surface area contributed by atoms with Gasteiger partial charge in [-0.2, -0.15) is 0 Å². The minimum atomic E-state index is -0.167. The third-order valence-electron chi connectivity index (χ3n) is 14.5. The number of rotatable bonds is 0. The lowest BCUT2D eigenvalue weighted by molar-refractivity contribution is -0.112. The van der Waals surface area contributed by atoms with Crippen molar-refractivity contribution in [2.24, 2.45) is 0 Å². The maximum atomic E-state index is 15.0. The Morgan fingerprint density at radius 3 is 0.667 bits per heavy atom. The molecular formula is C64H44N4O4. The molecule has 0 amide bonds. The van der Waals surface area contributed by atoms with Gasteiger partial charge >= 0.3 is 0 Å². The van der Waals surface area contributed by atoms with Crippen molar-refractivity contribution in [3.63, 3.8) is 0 Å². The smallest absolute Gasteiger partial charge is 0.192 e. The number of carbonyl (C=O) groups is 4. The van der Waals surface area contributed by atoms with Crippen molar-refractivity contribution in [1.29, 1.82) is 0 Å². The van der Waals surface area contributed by atoms with Crippen LogP contribution in [0.1, 0.15) is 44.5 Å². The van der Waals surface area contributed by atoms with Gasteiger partial charge in [0.25, 0.3) is 0 Å². The van der Waals surface area contributed by atoms with Gasteiger partial charge in [0.1, 0.15) is 0 Å². The zero-order valence-corrected chi connectivity index (χ0v) is 39.0. The van der Waals surface area contributed by atoms with Crippen LogP contribution in [-0.4, -0.2) is 68.9 Å². The van der Waals surface area contributed by atoms with E-state index in [0.717, 1.165) is 66.8 Å². The third-order valence-corrected chi connectivity index (χ3v) is 14.5. The lowest BCUT2D eigenvalue weighted by Crippen LogP contribution is -2.27.